The Bertz CT molecular complexity index is 1850. The number of aromatic nitrogens is 2. The van der Waals surface area contributed by atoms with Crippen molar-refractivity contribution in [3.63, 3.8) is 0 Å². The summed E-state index contributed by atoms with van der Waals surface area (Å²) in [6.07, 6.45) is 4.29. The van der Waals surface area contributed by atoms with Gasteiger partial charge >= 0.3 is 39.2 Å². The van der Waals surface area contributed by atoms with Crippen molar-refractivity contribution >= 4 is 39.9 Å². The number of carbonyl (C=O) groups excluding carboxylic acids is 1. The van der Waals surface area contributed by atoms with Crippen LogP contribution in [0, 0.1) is 0 Å². The van der Waals surface area contributed by atoms with Crippen molar-refractivity contribution in [3.05, 3.63) is 121 Å². The van der Waals surface area contributed by atoms with Gasteiger partial charge in [-0.3, -0.25) is 14.8 Å². The van der Waals surface area contributed by atoms with E-state index in [9.17, 15) is 34.8 Å². The van der Waals surface area contributed by atoms with E-state index in [4.69, 9.17) is 0 Å². The maximum atomic E-state index is 13.0. The van der Waals surface area contributed by atoms with Gasteiger partial charge in [-0.1, -0.05) is 72.2 Å². The van der Waals surface area contributed by atoms with Crippen molar-refractivity contribution in [1.29, 1.82) is 0 Å². The number of carboxylic acid groups (broad SMARTS) is 2. The number of hydrogen-bond acceptors (Lipinski definition) is 7. The first-order valence-electron chi connectivity index (χ1n) is 13.5. The molecular formula is C35H33CdN3O9+2. The predicted octanol–water partition coefficient (Wildman–Crippen LogP) is 3.21. The molecule has 0 fully saturated rings. The summed E-state index contributed by atoms with van der Waals surface area (Å²) < 4.78 is 0. The second-order valence-electron chi connectivity index (χ2n) is 9.81. The monoisotopic (exact) mass is 753 g/mol. The van der Waals surface area contributed by atoms with E-state index >= 15 is 0 Å². The summed E-state index contributed by atoms with van der Waals surface area (Å²) in [4.78, 5) is 42.4. The zero-order valence-electron chi connectivity index (χ0n) is 26.1. The van der Waals surface area contributed by atoms with Gasteiger partial charge in [0.1, 0.15) is 0 Å². The van der Waals surface area contributed by atoms with Gasteiger partial charge in [0, 0.05) is 26.5 Å². The maximum absolute atomic E-state index is 13.0. The van der Waals surface area contributed by atoms with Crippen LogP contribution in [-0.4, -0.2) is 57.5 Å². The van der Waals surface area contributed by atoms with Crippen molar-refractivity contribution in [2.24, 2.45) is 0 Å². The summed E-state index contributed by atoms with van der Waals surface area (Å²) in [5.41, 5.74) is 0.687. The van der Waals surface area contributed by atoms with E-state index in [1.54, 1.807) is 75.0 Å². The number of fused-ring (bicyclic) bond motifs is 2. The zero-order chi connectivity index (χ0) is 32.5. The van der Waals surface area contributed by atoms with E-state index in [-0.39, 0.29) is 49.4 Å². The van der Waals surface area contributed by atoms with Crippen LogP contribution in [0.2, 0.25) is 0 Å². The van der Waals surface area contributed by atoms with Gasteiger partial charge in [-0.05, 0) is 69.1 Å². The Morgan fingerprint density at radius 1 is 0.646 bits per heavy atom. The van der Waals surface area contributed by atoms with Crippen molar-refractivity contribution in [2.75, 3.05) is 14.1 Å². The van der Waals surface area contributed by atoms with E-state index in [1.807, 2.05) is 36.4 Å². The Labute approximate surface area is 295 Å². The molecule has 0 aliphatic heterocycles. The normalized spacial score (nSPS) is 9.54. The van der Waals surface area contributed by atoms with Crippen LogP contribution in [0.3, 0.4) is 0 Å². The quantitative estimate of drug-likeness (QED) is 0.149. The molecule has 0 spiro atoms. The van der Waals surface area contributed by atoms with Crippen LogP contribution in [0.1, 0.15) is 20.7 Å². The number of carbonyl (C=O) groups is 3. The number of rotatable bonds is 5. The Kier molecular flexibility index (Phi) is 15.8. The van der Waals surface area contributed by atoms with Gasteiger partial charge in [0.05, 0.1) is 22.5 Å². The number of nitrogens with zero attached hydrogens (tertiary/aromatic N) is 3. The van der Waals surface area contributed by atoms with Crippen LogP contribution in [0.25, 0.3) is 44.1 Å². The van der Waals surface area contributed by atoms with Crippen molar-refractivity contribution < 1.29 is 73.1 Å². The molecule has 12 nitrogen and oxygen atoms in total. The summed E-state index contributed by atoms with van der Waals surface area (Å²) in [7, 11) is 3.38. The van der Waals surface area contributed by atoms with Crippen LogP contribution in [0.5, 0.6) is 11.5 Å². The van der Waals surface area contributed by atoms with Crippen LogP contribution in [-0.2, 0) is 43.0 Å². The minimum absolute atomic E-state index is 0. The molecule has 2 heterocycles. The van der Waals surface area contributed by atoms with Crippen LogP contribution in [0.15, 0.2) is 109 Å². The summed E-state index contributed by atoms with van der Waals surface area (Å²) in [6, 6.07) is 27.3. The summed E-state index contributed by atoms with van der Waals surface area (Å²) in [5, 5.41) is 46.7. The van der Waals surface area contributed by atoms with Gasteiger partial charge in [-0.2, -0.15) is 0 Å². The van der Waals surface area contributed by atoms with Crippen molar-refractivity contribution in [1.82, 2.24) is 14.9 Å². The molecule has 0 atom stereocenters. The van der Waals surface area contributed by atoms with Crippen LogP contribution in [0.4, 0.5) is 0 Å². The molecular weight excluding hydrogens is 719 g/mol. The molecule has 6 aromatic rings. The Morgan fingerprint density at radius 3 is 1.27 bits per heavy atom. The SMILES string of the molecule is CN(C)C=O.O=C(O)c1cc2ccccc2c(-c2c([O-])c(C(=O)O)cc3ccccc23)c1[O-].[Cd+2].[OH3+].[OH3+].c1ccc(-c2ccccn2)nc1. The van der Waals surface area contributed by atoms with Gasteiger partial charge in [-0.15, -0.1) is 0 Å². The van der Waals surface area contributed by atoms with E-state index in [2.05, 4.69) is 9.97 Å². The van der Waals surface area contributed by atoms with Gasteiger partial charge in [0.2, 0.25) is 6.41 Å². The van der Waals surface area contributed by atoms with Gasteiger partial charge in [0.15, 0.2) is 0 Å². The molecule has 1 amide bonds. The Hall–Kier alpha value is -5.45. The maximum Gasteiger partial charge on any atom is 2.00 e. The third-order valence-electron chi connectivity index (χ3n) is 6.52. The first-order chi connectivity index (χ1) is 21.6. The van der Waals surface area contributed by atoms with Gasteiger partial charge < -0.3 is 36.3 Å². The predicted molar refractivity (Wildman–Crippen MR) is 177 cm³/mol. The zero-order valence-corrected chi connectivity index (χ0v) is 30.1. The third-order valence-corrected chi connectivity index (χ3v) is 6.52. The number of benzene rings is 4. The molecule has 242 valence electrons. The largest absolute Gasteiger partial charge is 2.00 e. The van der Waals surface area contributed by atoms with E-state index in [0.717, 1.165) is 17.8 Å². The molecule has 48 heavy (non-hydrogen) atoms. The summed E-state index contributed by atoms with van der Waals surface area (Å²) in [6.45, 7) is 0. The Morgan fingerprint density at radius 2 is 0.979 bits per heavy atom. The topological polar surface area (TPSA) is 233 Å². The molecule has 0 saturated carbocycles. The minimum Gasteiger partial charge on any atom is -0.871 e. The fourth-order valence-electron chi connectivity index (χ4n) is 4.50. The summed E-state index contributed by atoms with van der Waals surface area (Å²) >= 11 is 0. The summed E-state index contributed by atoms with van der Waals surface area (Å²) in [5.74, 6) is -4.47. The first-order valence-corrected chi connectivity index (χ1v) is 13.5. The molecule has 0 radical (unpaired) electrons. The van der Waals surface area contributed by atoms with Crippen LogP contribution < -0.4 is 10.2 Å². The van der Waals surface area contributed by atoms with E-state index in [0.29, 0.717) is 21.5 Å². The third kappa shape index (κ3) is 9.31. The number of hydrogen-bond donors (Lipinski definition) is 2. The molecule has 2 aromatic heterocycles. The molecule has 4 aromatic carbocycles. The molecule has 6 rings (SSSR count). The molecule has 0 bridgehead atoms. The standard InChI is InChI=1S/C22H14O6.C10H8N2.C3H7NO.Cd.2H2O/c23-19-15(21(25)26)9-11-5-1-3-7-13(11)17(19)18-14-8-4-2-6-12(14)10-16(20(18)24)22(27)28;1-3-7-11-9(5-1)10-6-2-4-8-12-10;1-4(2)3-5;;;/h1-10,23-24H,(H,25,26)(H,27,28);1-8H;3H,1-2H3;;2*1H2/q;;;+2;;. The minimum atomic E-state index is -1.41. The molecule has 0 saturated heterocycles. The second-order valence-corrected chi connectivity index (χ2v) is 9.81. The smallest absolute Gasteiger partial charge is 0.871 e. The molecule has 0 aliphatic carbocycles. The fraction of sp³-hybridized carbons (Fsp3) is 0.0571. The average molecular weight is 752 g/mol. The first kappa shape index (κ1) is 40.6. The van der Waals surface area contributed by atoms with Crippen LogP contribution >= 0.6 is 0 Å². The fourth-order valence-corrected chi connectivity index (χ4v) is 4.50. The number of aromatic carboxylic acids is 2. The van der Waals surface area contributed by atoms with Gasteiger partial charge in [-0.25, -0.2) is 9.59 Å². The van der Waals surface area contributed by atoms with Crippen molar-refractivity contribution in [2.45, 2.75) is 0 Å². The molecule has 0 aliphatic rings. The average Bonchev–Trinajstić information content (AvgIpc) is 3.06. The van der Waals surface area contributed by atoms with Crippen molar-refractivity contribution in [3.8, 4) is 34.0 Å². The molecule has 0 unspecified atom stereocenters. The number of carboxylic acids is 2. The second kappa shape index (κ2) is 18.6. The molecule has 8 N–H and O–H groups in total. The molecule has 13 heteroatoms. The number of amides is 1. The van der Waals surface area contributed by atoms with Gasteiger partial charge in [0.25, 0.3) is 0 Å². The Balaban J connectivity index is 0.000000481. The van der Waals surface area contributed by atoms with E-state index in [1.165, 1.54) is 17.0 Å². The van der Waals surface area contributed by atoms with E-state index < -0.39 is 34.6 Å². The number of pyridine rings is 2.